The van der Waals surface area contributed by atoms with Crippen LogP contribution >= 0.6 is 11.3 Å². The average Bonchev–Trinajstić information content (AvgIpc) is 3.51. The number of benzene rings is 2. The Morgan fingerprint density at radius 2 is 1.79 bits per heavy atom. The third-order valence-electron chi connectivity index (χ3n) is 6.27. The van der Waals surface area contributed by atoms with Crippen LogP contribution in [0.25, 0.3) is 21.3 Å². The molecule has 0 saturated carbocycles. The molecule has 4 heterocycles. The molecule has 0 N–H and O–H groups in total. The first-order valence-electron chi connectivity index (χ1n) is 11.0. The van der Waals surface area contributed by atoms with Crippen molar-refractivity contribution in [2.24, 2.45) is 0 Å². The molecule has 0 amide bonds. The molecule has 1 fully saturated rings. The fraction of sp³-hybridized carbons (Fsp3) is 0.280. The van der Waals surface area contributed by atoms with Crippen LogP contribution in [0.15, 0.2) is 54.2 Å². The van der Waals surface area contributed by atoms with Crippen LogP contribution in [0.3, 0.4) is 0 Å². The Hall–Kier alpha value is -3.36. The normalized spacial score (nSPS) is 15.8. The highest BCUT2D eigenvalue weighted by Crippen LogP contribution is 2.38. The monoisotopic (exact) mass is 460 g/mol. The van der Waals surface area contributed by atoms with Gasteiger partial charge in [-0.1, -0.05) is 18.2 Å². The zero-order valence-corrected chi connectivity index (χ0v) is 19.2. The third-order valence-corrected chi connectivity index (χ3v) is 7.15. The van der Waals surface area contributed by atoms with Gasteiger partial charge in [-0.15, -0.1) is 11.3 Å². The summed E-state index contributed by atoms with van der Waals surface area (Å²) in [7, 11) is 1.69. The van der Waals surface area contributed by atoms with Crippen LogP contribution in [0.1, 0.15) is 5.56 Å². The molecule has 33 heavy (non-hydrogen) atoms. The van der Waals surface area contributed by atoms with Crippen molar-refractivity contribution >= 4 is 27.4 Å². The van der Waals surface area contributed by atoms with E-state index in [-0.39, 0.29) is 0 Å². The van der Waals surface area contributed by atoms with Crippen LogP contribution in [0, 0.1) is 0 Å². The quantitative estimate of drug-likeness (QED) is 0.437. The van der Waals surface area contributed by atoms with Crippen molar-refractivity contribution in [2.75, 3.05) is 45.0 Å². The topological polar surface area (TPSA) is 60.0 Å². The molecule has 6 rings (SSSR count). The summed E-state index contributed by atoms with van der Waals surface area (Å²) in [5, 5.41) is 3.32. The van der Waals surface area contributed by atoms with Gasteiger partial charge in [-0.2, -0.15) is 0 Å². The molecule has 7 nitrogen and oxygen atoms in total. The van der Waals surface area contributed by atoms with Gasteiger partial charge in [0.05, 0.1) is 12.5 Å². The van der Waals surface area contributed by atoms with E-state index in [0.29, 0.717) is 6.79 Å². The van der Waals surface area contributed by atoms with Gasteiger partial charge in [0, 0.05) is 43.7 Å². The summed E-state index contributed by atoms with van der Waals surface area (Å²) in [4.78, 5) is 15.1. The number of hydrogen-bond acceptors (Lipinski definition) is 8. The Bertz CT molecular complexity index is 1280. The van der Waals surface area contributed by atoms with Gasteiger partial charge in [0.1, 0.15) is 22.7 Å². The highest BCUT2D eigenvalue weighted by Gasteiger charge is 2.23. The van der Waals surface area contributed by atoms with Crippen LogP contribution in [-0.4, -0.2) is 54.9 Å². The molecule has 1 saturated heterocycles. The second-order valence-electron chi connectivity index (χ2n) is 8.21. The number of nitrogens with zero attached hydrogens (tertiary/aromatic N) is 4. The summed E-state index contributed by atoms with van der Waals surface area (Å²) in [5.74, 6) is 3.56. The largest absolute Gasteiger partial charge is 0.497 e. The van der Waals surface area contributed by atoms with Gasteiger partial charge in [-0.05, 0) is 35.4 Å². The van der Waals surface area contributed by atoms with Crippen LogP contribution < -0.4 is 19.1 Å². The van der Waals surface area contributed by atoms with Gasteiger partial charge in [-0.3, -0.25) is 4.90 Å². The molecule has 2 aromatic carbocycles. The predicted molar refractivity (Wildman–Crippen MR) is 129 cm³/mol. The fourth-order valence-corrected chi connectivity index (χ4v) is 5.41. The van der Waals surface area contributed by atoms with Gasteiger partial charge >= 0.3 is 0 Å². The third kappa shape index (κ3) is 3.85. The van der Waals surface area contributed by atoms with E-state index in [1.54, 1.807) is 24.8 Å². The molecular weight excluding hydrogens is 436 g/mol. The zero-order valence-electron chi connectivity index (χ0n) is 18.4. The molecule has 0 bridgehead atoms. The Kier molecular flexibility index (Phi) is 5.24. The number of aromatic nitrogens is 2. The number of hydrogen-bond donors (Lipinski definition) is 0. The number of methoxy groups -OCH3 is 1. The average molecular weight is 461 g/mol. The van der Waals surface area contributed by atoms with Gasteiger partial charge < -0.3 is 19.1 Å². The summed E-state index contributed by atoms with van der Waals surface area (Å²) >= 11 is 1.67. The van der Waals surface area contributed by atoms with Crippen molar-refractivity contribution < 1.29 is 14.2 Å². The summed E-state index contributed by atoms with van der Waals surface area (Å²) in [6.07, 6.45) is 1.69. The standard InChI is InChI=1S/C25H24N4O3S/c1-30-19-5-3-18(4-6-19)20-14-33-25-23(20)24(26-15-27-25)29-10-8-28(9-11-29)13-17-2-7-21-22(12-17)32-16-31-21/h2-7,12,14-15H,8-11,13,16H2,1H3. The molecule has 168 valence electrons. The molecule has 0 radical (unpaired) electrons. The van der Waals surface area contributed by atoms with E-state index in [0.717, 1.165) is 71.6 Å². The molecule has 4 aromatic rings. The number of thiophene rings is 1. The molecule has 0 atom stereocenters. The van der Waals surface area contributed by atoms with Crippen LogP contribution in [0.2, 0.25) is 0 Å². The minimum absolute atomic E-state index is 0.311. The maximum atomic E-state index is 5.53. The first kappa shape index (κ1) is 20.3. The smallest absolute Gasteiger partial charge is 0.231 e. The molecule has 2 aliphatic heterocycles. The van der Waals surface area contributed by atoms with Gasteiger partial charge in [0.25, 0.3) is 0 Å². The molecule has 0 spiro atoms. The van der Waals surface area contributed by atoms with Crippen LogP contribution in [0.5, 0.6) is 17.2 Å². The Morgan fingerprint density at radius 1 is 0.970 bits per heavy atom. The molecule has 0 unspecified atom stereocenters. The Labute approximate surface area is 196 Å². The SMILES string of the molecule is COc1ccc(-c2csc3ncnc(N4CCN(Cc5ccc6c(c5)OCO6)CC4)c23)cc1. The van der Waals surface area contributed by atoms with E-state index in [1.165, 1.54) is 11.1 Å². The number of anilines is 1. The lowest BCUT2D eigenvalue weighted by atomic mass is 10.1. The van der Waals surface area contributed by atoms with Crippen molar-refractivity contribution in [2.45, 2.75) is 6.54 Å². The summed E-state index contributed by atoms with van der Waals surface area (Å²) < 4.78 is 16.3. The molecule has 0 aliphatic carbocycles. The lowest BCUT2D eigenvalue weighted by molar-refractivity contribution is 0.174. The van der Waals surface area contributed by atoms with Gasteiger partial charge in [-0.25, -0.2) is 9.97 Å². The molecule has 8 heteroatoms. The maximum Gasteiger partial charge on any atom is 0.231 e. The summed E-state index contributed by atoms with van der Waals surface area (Å²) in [5.41, 5.74) is 3.58. The van der Waals surface area contributed by atoms with Crippen molar-refractivity contribution in [3.63, 3.8) is 0 Å². The predicted octanol–water partition coefficient (Wildman–Crippen LogP) is 4.42. The van der Waals surface area contributed by atoms with E-state index < -0.39 is 0 Å². The second-order valence-corrected chi connectivity index (χ2v) is 9.06. The Morgan fingerprint density at radius 3 is 2.61 bits per heavy atom. The fourth-order valence-electron chi connectivity index (χ4n) is 4.50. The van der Waals surface area contributed by atoms with Crippen molar-refractivity contribution in [3.05, 3.63) is 59.7 Å². The zero-order chi connectivity index (χ0) is 22.2. The van der Waals surface area contributed by atoms with Crippen LogP contribution in [0.4, 0.5) is 5.82 Å². The van der Waals surface area contributed by atoms with Crippen molar-refractivity contribution in [3.8, 4) is 28.4 Å². The van der Waals surface area contributed by atoms with E-state index in [4.69, 9.17) is 19.2 Å². The molecule has 2 aromatic heterocycles. The number of ether oxygens (including phenoxy) is 3. The van der Waals surface area contributed by atoms with Gasteiger partial charge in [0.2, 0.25) is 6.79 Å². The highest BCUT2D eigenvalue weighted by molar-refractivity contribution is 7.17. The second kappa shape index (κ2) is 8.53. The number of rotatable bonds is 5. The first-order valence-corrected chi connectivity index (χ1v) is 11.9. The lowest BCUT2D eigenvalue weighted by Gasteiger charge is -2.35. The summed E-state index contributed by atoms with van der Waals surface area (Å²) in [6.45, 7) is 5.01. The minimum atomic E-state index is 0.311. The maximum absolute atomic E-state index is 5.53. The van der Waals surface area contributed by atoms with Crippen LogP contribution in [-0.2, 0) is 6.54 Å². The van der Waals surface area contributed by atoms with Gasteiger partial charge in [0.15, 0.2) is 11.5 Å². The molecule has 2 aliphatic rings. The van der Waals surface area contributed by atoms with E-state index in [2.05, 4.69) is 44.4 Å². The highest BCUT2D eigenvalue weighted by atomic mass is 32.1. The van der Waals surface area contributed by atoms with Crippen molar-refractivity contribution in [1.29, 1.82) is 0 Å². The van der Waals surface area contributed by atoms with E-state index in [1.807, 2.05) is 18.2 Å². The first-order chi connectivity index (χ1) is 16.3. The Balaban J connectivity index is 1.21. The summed E-state index contributed by atoms with van der Waals surface area (Å²) in [6, 6.07) is 14.4. The lowest BCUT2D eigenvalue weighted by Crippen LogP contribution is -2.46. The van der Waals surface area contributed by atoms with Crippen molar-refractivity contribution in [1.82, 2.24) is 14.9 Å². The van der Waals surface area contributed by atoms with E-state index in [9.17, 15) is 0 Å². The molecular formula is C25H24N4O3S. The van der Waals surface area contributed by atoms with E-state index >= 15 is 0 Å². The number of piperazine rings is 1. The minimum Gasteiger partial charge on any atom is -0.497 e. The number of fused-ring (bicyclic) bond motifs is 2.